The second kappa shape index (κ2) is 16.2. The van der Waals surface area contributed by atoms with Crippen molar-refractivity contribution in [2.24, 2.45) is 0 Å². The lowest BCUT2D eigenvalue weighted by molar-refractivity contribution is -0.147. The maximum Gasteiger partial charge on any atom is 0.308 e. The molecule has 208 valence electrons. The number of amides is 2. The molecule has 1 unspecified atom stereocenters. The minimum Gasteiger partial charge on any atom is -0.466 e. The topological polar surface area (TPSA) is 114 Å². The molecule has 1 saturated heterocycles. The fraction of sp³-hybridized carbons (Fsp3) is 0.414. The van der Waals surface area contributed by atoms with E-state index in [0.717, 1.165) is 18.4 Å². The van der Waals surface area contributed by atoms with Gasteiger partial charge in [0.15, 0.2) is 5.11 Å². The summed E-state index contributed by atoms with van der Waals surface area (Å²) in [5.41, 5.74) is 2.33. The largest absolute Gasteiger partial charge is 0.466 e. The summed E-state index contributed by atoms with van der Waals surface area (Å²) in [5.74, 6) is -1.80. The monoisotopic (exact) mass is 553 g/mol. The Morgan fingerprint density at radius 2 is 1.44 bits per heavy atom. The van der Waals surface area contributed by atoms with Crippen LogP contribution >= 0.6 is 12.2 Å². The van der Waals surface area contributed by atoms with Crippen LogP contribution in [0, 0.1) is 0 Å². The second-order valence-electron chi connectivity index (χ2n) is 9.18. The lowest BCUT2D eigenvalue weighted by atomic mass is 10.1. The molecule has 2 N–H and O–H groups in total. The van der Waals surface area contributed by atoms with Gasteiger partial charge in [0.2, 0.25) is 11.8 Å². The highest BCUT2D eigenvalue weighted by Gasteiger charge is 2.34. The minimum atomic E-state index is -0.886. The van der Waals surface area contributed by atoms with Crippen molar-refractivity contribution in [3.63, 3.8) is 0 Å². The van der Waals surface area contributed by atoms with Gasteiger partial charge in [0.25, 0.3) is 0 Å². The van der Waals surface area contributed by atoms with E-state index >= 15 is 0 Å². The zero-order valence-electron chi connectivity index (χ0n) is 21.9. The predicted molar refractivity (Wildman–Crippen MR) is 150 cm³/mol. The van der Waals surface area contributed by atoms with Gasteiger partial charge in [-0.3, -0.25) is 19.2 Å². The average molecular weight is 554 g/mol. The van der Waals surface area contributed by atoms with Crippen molar-refractivity contribution < 1.29 is 28.7 Å². The fourth-order valence-corrected chi connectivity index (χ4v) is 4.47. The summed E-state index contributed by atoms with van der Waals surface area (Å²) in [6.45, 7) is 1.18. The van der Waals surface area contributed by atoms with E-state index < -0.39 is 23.9 Å². The van der Waals surface area contributed by atoms with Gasteiger partial charge in [-0.2, -0.15) is 0 Å². The molecule has 39 heavy (non-hydrogen) atoms. The third-order valence-corrected chi connectivity index (χ3v) is 6.52. The smallest absolute Gasteiger partial charge is 0.308 e. The zero-order chi connectivity index (χ0) is 27.9. The molecule has 1 heterocycles. The summed E-state index contributed by atoms with van der Waals surface area (Å²) in [4.78, 5) is 50.8. The van der Waals surface area contributed by atoms with E-state index in [1.807, 2.05) is 60.7 Å². The lowest BCUT2D eigenvalue weighted by Crippen LogP contribution is -2.60. The first-order valence-electron chi connectivity index (χ1n) is 13.2. The molecule has 1 atom stereocenters. The van der Waals surface area contributed by atoms with Gasteiger partial charge >= 0.3 is 11.9 Å². The molecule has 9 nitrogen and oxygen atoms in total. The van der Waals surface area contributed by atoms with E-state index in [0.29, 0.717) is 25.9 Å². The van der Waals surface area contributed by atoms with Gasteiger partial charge in [-0.15, -0.1) is 0 Å². The number of piperazine rings is 1. The van der Waals surface area contributed by atoms with Gasteiger partial charge < -0.3 is 25.0 Å². The summed E-state index contributed by atoms with van der Waals surface area (Å²) >= 11 is 5.35. The highest BCUT2D eigenvalue weighted by atomic mass is 32.1. The van der Waals surface area contributed by atoms with Crippen LogP contribution in [0.1, 0.15) is 43.2 Å². The SMILES string of the molecule is O=C(CCC(=O)OCCCc1ccccc1)NC(=S)N1CCNC(=O)C1CC(=O)OCCCc1ccccc1. The molecule has 2 amide bonds. The Hall–Kier alpha value is -3.79. The zero-order valence-corrected chi connectivity index (χ0v) is 22.8. The summed E-state index contributed by atoms with van der Waals surface area (Å²) in [7, 11) is 0. The van der Waals surface area contributed by atoms with Crippen LogP contribution in [0.3, 0.4) is 0 Å². The lowest BCUT2D eigenvalue weighted by Gasteiger charge is -2.36. The van der Waals surface area contributed by atoms with Gasteiger partial charge in [-0.05, 0) is 49.0 Å². The highest BCUT2D eigenvalue weighted by Crippen LogP contribution is 2.12. The van der Waals surface area contributed by atoms with Crippen molar-refractivity contribution in [3.8, 4) is 0 Å². The van der Waals surface area contributed by atoms with E-state index in [1.54, 1.807) is 0 Å². The normalized spacial score (nSPS) is 14.7. The number of aryl methyl sites for hydroxylation is 2. The number of carbonyl (C=O) groups is 4. The number of nitrogens with zero attached hydrogens (tertiary/aromatic N) is 1. The van der Waals surface area contributed by atoms with E-state index in [9.17, 15) is 19.2 Å². The molecule has 0 aliphatic carbocycles. The van der Waals surface area contributed by atoms with E-state index in [-0.39, 0.29) is 43.5 Å². The average Bonchev–Trinajstić information content (AvgIpc) is 2.94. The first-order chi connectivity index (χ1) is 18.9. The Balaban J connectivity index is 1.35. The van der Waals surface area contributed by atoms with Crippen LogP contribution in [0.2, 0.25) is 0 Å². The summed E-state index contributed by atoms with van der Waals surface area (Å²) in [6.07, 6.45) is 2.56. The molecule has 0 aromatic heterocycles. The molecule has 10 heteroatoms. The number of ether oxygens (including phenoxy) is 2. The molecular weight excluding hydrogens is 518 g/mol. The molecular formula is C29H35N3O6S. The number of hydrogen-bond donors (Lipinski definition) is 2. The van der Waals surface area contributed by atoms with Crippen molar-refractivity contribution in [3.05, 3.63) is 71.8 Å². The van der Waals surface area contributed by atoms with Crippen LogP contribution in [0.15, 0.2) is 60.7 Å². The number of hydrogen-bond acceptors (Lipinski definition) is 7. The van der Waals surface area contributed by atoms with Crippen molar-refractivity contribution in [1.29, 1.82) is 0 Å². The van der Waals surface area contributed by atoms with Gasteiger partial charge in [0.1, 0.15) is 6.04 Å². The third kappa shape index (κ3) is 10.8. The molecule has 1 aliphatic heterocycles. The molecule has 2 aromatic carbocycles. The molecule has 1 aliphatic rings. The van der Waals surface area contributed by atoms with Crippen LogP contribution in [0.5, 0.6) is 0 Å². The number of rotatable bonds is 13. The third-order valence-electron chi connectivity index (χ3n) is 6.19. The Labute approximate surface area is 234 Å². The Morgan fingerprint density at radius 3 is 2.03 bits per heavy atom. The fourth-order valence-electron chi connectivity index (χ4n) is 4.13. The van der Waals surface area contributed by atoms with Crippen molar-refractivity contribution >= 4 is 41.1 Å². The van der Waals surface area contributed by atoms with Crippen molar-refractivity contribution in [1.82, 2.24) is 15.5 Å². The summed E-state index contributed by atoms with van der Waals surface area (Å²) < 4.78 is 10.5. The van der Waals surface area contributed by atoms with Crippen molar-refractivity contribution in [2.75, 3.05) is 26.3 Å². The van der Waals surface area contributed by atoms with Crippen molar-refractivity contribution in [2.45, 2.75) is 51.0 Å². The molecule has 0 saturated carbocycles. The number of thiocarbonyl (C=S) groups is 1. The molecule has 3 rings (SSSR count). The minimum absolute atomic E-state index is 0.0351. The summed E-state index contributed by atoms with van der Waals surface area (Å²) in [6, 6.07) is 18.9. The molecule has 1 fully saturated rings. The number of benzene rings is 2. The van der Waals surface area contributed by atoms with Gasteiger partial charge in [-0.25, -0.2) is 0 Å². The Morgan fingerprint density at radius 1 is 0.872 bits per heavy atom. The summed E-state index contributed by atoms with van der Waals surface area (Å²) in [5, 5.41) is 5.32. The maximum absolute atomic E-state index is 12.5. The quantitative estimate of drug-likeness (QED) is 0.221. The van der Waals surface area contributed by atoms with Crippen LogP contribution in [0.4, 0.5) is 0 Å². The van der Waals surface area contributed by atoms with Crippen LogP contribution in [0.25, 0.3) is 0 Å². The standard InChI is InChI=1S/C29H35N3O6S/c33-25(15-16-26(34)37-19-7-13-22-9-3-1-4-10-22)31-29(39)32-18-17-30-28(36)24(32)21-27(35)38-20-8-14-23-11-5-2-6-12-23/h1-6,9-12,24H,7-8,13-21H2,(H,30,36)(H,31,33,39). The molecule has 0 bridgehead atoms. The van der Waals surface area contributed by atoms with Crippen LogP contribution < -0.4 is 10.6 Å². The second-order valence-corrected chi connectivity index (χ2v) is 9.56. The molecule has 0 radical (unpaired) electrons. The van der Waals surface area contributed by atoms with E-state index in [4.69, 9.17) is 21.7 Å². The predicted octanol–water partition coefficient (Wildman–Crippen LogP) is 2.71. The van der Waals surface area contributed by atoms with Gasteiger partial charge in [0.05, 0.1) is 26.1 Å². The Bertz CT molecular complexity index is 1110. The highest BCUT2D eigenvalue weighted by molar-refractivity contribution is 7.80. The number of carbonyl (C=O) groups excluding carboxylic acids is 4. The van der Waals surface area contributed by atoms with Gasteiger partial charge in [0, 0.05) is 19.5 Å². The maximum atomic E-state index is 12.5. The first kappa shape index (κ1) is 29.8. The van der Waals surface area contributed by atoms with Crippen LogP contribution in [-0.2, 0) is 41.5 Å². The number of nitrogens with one attached hydrogen (secondary N) is 2. The number of esters is 2. The Kier molecular flexibility index (Phi) is 12.4. The molecule has 0 spiro atoms. The first-order valence-corrected chi connectivity index (χ1v) is 13.6. The van der Waals surface area contributed by atoms with Gasteiger partial charge in [-0.1, -0.05) is 60.7 Å². The van der Waals surface area contributed by atoms with E-state index in [1.165, 1.54) is 10.5 Å². The molecule has 2 aromatic rings. The van der Waals surface area contributed by atoms with E-state index in [2.05, 4.69) is 10.6 Å². The van der Waals surface area contributed by atoms with Crippen LogP contribution in [-0.4, -0.2) is 66.1 Å².